The average Bonchev–Trinajstić information content (AvgIpc) is 1.99. The van der Waals surface area contributed by atoms with Crippen LogP contribution in [-0.2, 0) is 0 Å². The second-order valence-electron chi connectivity index (χ2n) is 1.92. The lowest BCUT2D eigenvalue weighted by Crippen LogP contribution is -1.69. The van der Waals surface area contributed by atoms with Crippen LogP contribution < -0.4 is 0 Å². The lowest BCUT2D eigenvalue weighted by Gasteiger charge is -1.89. The Morgan fingerprint density at radius 3 is 2.40 bits per heavy atom. The van der Waals surface area contributed by atoms with Gasteiger partial charge in [-0.3, -0.25) is 0 Å². The third kappa shape index (κ3) is 3.90. The first kappa shape index (κ1) is 8.96. The Morgan fingerprint density at radius 1 is 1.30 bits per heavy atom. The van der Waals surface area contributed by atoms with Crippen molar-refractivity contribution in [2.45, 2.75) is 13.3 Å². The van der Waals surface area contributed by atoms with Gasteiger partial charge in [0.2, 0.25) is 0 Å². The van der Waals surface area contributed by atoms with E-state index in [1.165, 1.54) is 5.57 Å². The lowest BCUT2D eigenvalue weighted by atomic mass is 10.2. The summed E-state index contributed by atoms with van der Waals surface area (Å²) in [5.74, 6) is 0. The minimum atomic E-state index is 1.03. The molecule has 0 aromatic rings. The Hall–Kier alpha value is -1.04. The normalized spacial score (nSPS) is 11.9. The fraction of sp³-hybridized carbons (Fsp3) is 0.200. The summed E-state index contributed by atoms with van der Waals surface area (Å²) in [4.78, 5) is 0. The van der Waals surface area contributed by atoms with Crippen LogP contribution in [0.15, 0.2) is 49.1 Å². The summed E-state index contributed by atoms with van der Waals surface area (Å²) < 4.78 is 0. The van der Waals surface area contributed by atoms with Gasteiger partial charge in [0.05, 0.1) is 0 Å². The first-order valence-electron chi connectivity index (χ1n) is 3.45. The van der Waals surface area contributed by atoms with Crippen LogP contribution in [-0.4, -0.2) is 0 Å². The SMILES string of the molecule is C=CC=CC=C(C=C)CC. The minimum Gasteiger partial charge on any atom is -0.0991 e. The molecule has 0 aliphatic heterocycles. The van der Waals surface area contributed by atoms with Gasteiger partial charge in [-0.05, 0) is 12.0 Å². The van der Waals surface area contributed by atoms with Crippen LogP contribution in [0.2, 0.25) is 0 Å². The molecule has 10 heavy (non-hydrogen) atoms. The second-order valence-corrected chi connectivity index (χ2v) is 1.92. The van der Waals surface area contributed by atoms with E-state index >= 15 is 0 Å². The van der Waals surface area contributed by atoms with Crippen molar-refractivity contribution in [3.8, 4) is 0 Å². The molecule has 0 amide bonds. The average molecular weight is 134 g/mol. The van der Waals surface area contributed by atoms with Gasteiger partial charge in [-0.2, -0.15) is 0 Å². The number of hydrogen-bond acceptors (Lipinski definition) is 0. The van der Waals surface area contributed by atoms with E-state index in [1.54, 1.807) is 6.08 Å². The largest absolute Gasteiger partial charge is 0.0991 e. The van der Waals surface area contributed by atoms with Gasteiger partial charge in [-0.1, -0.05) is 50.5 Å². The maximum absolute atomic E-state index is 3.68. The first-order valence-corrected chi connectivity index (χ1v) is 3.45. The van der Waals surface area contributed by atoms with Gasteiger partial charge in [0.15, 0.2) is 0 Å². The van der Waals surface area contributed by atoms with Crippen LogP contribution in [0.3, 0.4) is 0 Å². The van der Waals surface area contributed by atoms with Crippen molar-refractivity contribution < 1.29 is 0 Å². The van der Waals surface area contributed by atoms with E-state index in [0.29, 0.717) is 0 Å². The van der Waals surface area contributed by atoms with Gasteiger partial charge < -0.3 is 0 Å². The van der Waals surface area contributed by atoms with Crippen molar-refractivity contribution >= 4 is 0 Å². The van der Waals surface area contributed by atoms with Gasteiger partial charge in [0.1, 0.15) is 0 Å². The summed E-state index contributed by atoms with van der Waals surface area (Å²) in [6, 6.07) is 0. The molecule has 0 aromatic carbocycles. The molecular weight excluding hydrogens is 120 g/mol. The molecule has 0 spiro atoms. The van der Waals surface area contributed by atoms with Gasteiger partial charge in [0.25, 0.3) is 0 Å². The summed E-state index contributed by atoms with van der Waals surface area (Å²) in [5, 5.41) is 0. The molecule has 0 atom stereocenters. The summed E-state index contributed by atoms with van der Waals surface area (Å²) >= 11 is 0. The highest BCUT2D eigenvalue weighted by atomic mass is 13.9. The monoisotopic (exact) mass is 134 g/mol. The predicted octanol–water partition coefficient (Wildman–Crippen LogP) is 3.25. The van der Waals surface area contributed by atoms with Crippen LogP contribution in [0.5, 0.6) is 0 Å². The maximum atomic E-state index is 3.68. The number of hydrogen-bond donors (Lipinski definition) is 0. The molecule has 0 aliphatic rings. The zero-order valence-corrected chi connectivity index (χ0v) is 6.51. The van der Waals surface area contributed by atoms with E-state index in [-0.39, 0.29) is 0 Å². The van der Waals surface area contributed by atoms with E-state index in [9.17, 15) is 0 Å². The van der Waals surface area contributed by atoms with Crippen LogP contribution in [0, 0.1) is 0 Å². The van der Waals surface area contributed by atoms with E-state index in [2.05, 4.69) is 20.1 Å². The molecule has 0 rings (SSSR count). The lowest BCUT2D eigenvalue weighted by molar-refractivity contribution is 1.15. The molecule has 0 heteroatoms. The van der Waals surface area contributed by atoms with Gasteiger partial charge in [0, 0.05) is 0 Å². The molecule has 0 aliphatic carbocycles. The maximum Gasteiger partial charge on any atom is -0.0308 e. The zero-order chi connectivity index (χ0) is 7.82. The van der Waals surface area contributed by atoms with Crippen LogP contribution in [0.1, 0.15) is 13.3 Å². The van der Waals surface area contributed by atoms with Crippen molar-refractivity contribution in [2.75, 3.05) is 0 Å². The van der Waals surface area contributed by atoms with Crippen molar-refractivity contribution in [3.05, 3.63) is 49.1 Å². The molecule has 54 valence electrons. The fourth-order valence-corrected chi connectivity index (χ4v) is 0.588. The van der Waals surface area contributed by atoms with Crippen LogP contribution in [0.25, 0.3) is 0 Å². The molecular formula is C10H14. The van der Waals surface area contributed by atoms with Crippen molar-refractivity contribution in [3.63, 3.8) is 0 Å². The summed E-state index contributed by atoms with van der Waals surface area (Å²) in [7, 11) is 0. The highest BCUT2D eigenvalue weighted by molar-refractivity contribution is 5.22. The number of rotatable bonds is 4. The zero-order valence-electron chi connectivity index (χ0n) is 6.51. The Kier molecular flexibility index (Phi) is 5.45. The molecule has 0 heterocycles. The molecule has 0 N–H and O–H groups in total. The van der Waals surface area contributed by atoms with Crippen molar-refractivity contribution in [1.82, 2.24) is 0 Å². The second kappa shape index (κ2) is 6.09. The summed E-state index contributed by atoms with van der Waals surface area (Å²) in [6.45, 7) is 9.36. The first-order chi connectivity index (χ1) is 4.85. The molecule has 0 nitrogen and oxygen atoms in total. The van der Waals surface area contributed by atoms with Crippen molar-refractivity contribution in [2.24, 2.45) is 0 Å². The Balaban J connectivity index is 3.97. The van der Waals surface area contributed by atoms with E-state index in [0.717, 1.165) is 6.42 Å². The highest BCUT2D eigenvalue weighted by Crippen LogP contribution is 2.00. The van der Waals surface area contributed by atoms with Crippen LogP contribution >= 0.6 is 0 Å². The molecule has 0 fully saturated rings. The summed E-state index contributed by atoms with van der Waals surface area (Å²) in [5.41, 5.74) is 1.25. The number of allylic oxidation sites excluding steroid dienone is 6. The van der Waals surface area contributed by atoms with E-state index in [1.807, 2.05) is 24.3 Å². The Labute approximate surface area is 63.3 Å². The molecule has 0 saturated carbocycles. The van der Waals surface area contributed by atoms with E-state index < -0.39 is 0 Å². The van der Waals surface area contributed by atoms with E-state index in [4.69, 9.17) is 0 Å². The van der Waals surface area contributed by atoms with Gasteiger partial charge in [-0.15, -0.1) is 0 Å². The molecule has 0 aromatic heterocycles. The molecule has 0 radical (unpaired) electrons. The quantitative estimate of drug-likeness (QED) is 0.518. The highest BCUT2D eigenvalue weighted by Gasteiger charge is 1.80. The third-order valence-corrected chi connectivity index (χ3v) is 1.23. The molecule has 0 unspecified atom stereocenters. The van der Waals surface area contributed by atoms with Crippen molar-refractivity contribution in [1.29, 1.82) is 0 Å². The van der Waals surface area contributed by atoms with Gasteiger partial charge in [-0.25, -0.2) is 0 Å². The Morgan fingerprint density at radius 2 is 2.00 bits per heavy atom. The fourth-order valence-electron chi connectivity index (χ4n) is 0.588. The topological polar surface area (TPSA) is 0 Å². The molecule has 0 saturated heterocycles. The summed E-state index contributed by atoms with van der Waals surface area (Å²) in [6.07, 6.45) is 10.6. The Bertz CT molecular complexity index is 159. The minimum absolute atomic E-state index is 1.03. The third-order valence-electron chi connectivity index (χ3n) is 1.23. The standard InChI is InChI=1S/C10H14/c1-4-7-8-9-10(5-2)6-3/h4-5,7-9H,1-2,6H2,3H3. The van der Waals surface area contributed by atoms with Gasteiger partial charge >= 0.3 is 0 Å². The predicted molar refractivity (Wildman–Crippen MR) is 47.9 cm³/mol. The van der Waals surface area contributed by atoms with Crippen LogP contribution in [0.4, 0.5) is 0 Å². The molecule has 0 bridgehead atoms. The smallest absolute Gasteiger partial charge is 0.0308 e.